The maximum Gasteiger partial charge on any atom is 0.130 e. The molecule has 18 heavy (non-hydrogen) atoms. The number of hydrogen-bond acceptors (Lipinski definition) is 2. The highest BCUT2D eigenvalue weighted by Gasteiger charge is 2.15. The number of halogens is 3. The smallest absolute Gasteiger partial charge is 0.130 e. The zero-order valence-electron chi connectivity index (χ0n) is 9.71. The molecule has 0 amide bonds. The summed E-state index contributed by atoms with van der Waals surface area (Å²) >= 11 is 4.92. The molecule has 0 spiro atoms. The molecule has 2 aromatic rings. The Labute approximate surface area is 117 Å². The van der Waals surface area contributed by atoms with E-state index in [9.17, 15) is 8.78 Å². The number of thiophene rings is 1. The van der Waals surface area contributed by atoms with Gasteiger partial charge in [-0.25, -0.2) is 8.78 Å². The predicted molar refractivity (Wildman–Crippen MR) is 73.7 cm³/mol. The Morgan fingerprint density at radius 2 is 2.00 bits per heavy atom. The Bertz CT molecular complexity index is 568. The van der Waals surface area contributed by atoms with E-state index in [1.54, 1.807) is 18.3 Å². The van der Waals surface area contributed by atoms with Crippen molar-refractivity contribution in [2.45, 2.75) is 19.4 Å². The van der Waals surface area contributed by atoms with Gasteiger partial charge in [-0.15, -0.1) is 11.3 Å². The molecular weight excluding hydrogens is 320 g/mol. The van der Waals surface area contributed by atoms with Crippen LogP contribution >= 0.6 is 27.3 Å². The van der Waals surface area contributed by atoms with Gasteiger partial charge in [-0.05, 0) is 40.5 Å². The van der Waals surface area contributed by atoms with Crippen LogP contribution < -0.4 is 5.73 Å². The fourth-order valence-electron chi connectivity index (χ4n) is 1.75. The molecule has 96 valence electrons. The monoisotopic (exact) mass is 331 g/mol. The van der Waals surface area contributed by atoms with Crippen molar-refractivity contribution in [1.82, 2.24) is 0 Å². The number of aryl methyl sites for hydroxylation is 1. The normalized spacial score (nSPS) is 12.7. The summed E-state index contributed by atoms with van der Waals surface area (Å²) in [6.45, 7) is 1.60. The van der Waals surface area contributed by atoms with Gasteiger partial charge in [0, 0.05) is 38.8 Å². The first-order chi connectivity index (χ1) is 8.47. The van der Waals surface area contributed by atoms with Crippen molar-refractivity contribution < 1.29 is 8.78 Å². The van der Waals surface area contributed by atoms with Gasteiger partial charge < -0.3 is 5.73 Å². The van der Waals surface area contributed by atoms with Crippen molar-refractivity contribution in [3.8, 4) is 0 Å². The quantitative estimate of drug-likeness (QED) is 0.889. The Morgan fingerprint density at radius 1 is 1.28 bits per heavy atom. The number of rotatable bonds is 3. The van der Waals surface area contributed by atoms with Gasteiger partial charge >= 0.3 is 0 Å². The summed E-state index contributed by atoms with van der Waals surface area (Å²) < 4.78 is 27.8. The highest BCUT2D eigenvalue weighted by atomic mass is 79.9. The van der Waals surface area contributed by atoms with E-state index in [4.69, 9.17) is 5.73 Å². The molecule has 2 N–H and O–H groups in total. The maximum absolute atomic E-state index is 13.7. The van der Waals surface area contributed by atoms with Crippen LogP contribution in [-0.2, 0) is 6.42 Å². The molecule has 0 fully saturated rings. The van der Waals surface area contributed by atoms with E-state index in [1.165, 1.54) is 6.07 Å². The van der Waals surface area contributed by atoms with Gasteiger partial charge in [-0.1, -0.05) is 0 Å². The molecule has 0 aliphatic heterocycles. The highest BCUT2D eigenvalue weighted by molar-refractivity contribution is 9.10. The van der Waals surface area contributed by atoms with Crippen LogP contribution in [0.15, 0.2) is 28.1 Å². The number of benzene rings is 1. The summed E-state index contributed by atoms with van der Waals surface area (Å²) in [4.78, 5) is 1.07. The van der Waals surface area contributed by atoms with Crippen LogP contribution in [0.4, 0.5) is 8.78 Å². The number of hydrogen-bond donors (Lipinski definition) is 1. The Balaban J connectivity index is 2.23. The van der Waals surface area contributed by atoms with Gasteiger partial charge in [0.15, 0.2) is 0 Å². The zero-order valence-corrected chi connectivity index (χ0v) is 12.1. The molecule has 1 aromatic carbocycles. The molecule has 0 radical (unpaired) electrons. The van der Waals surface area contributed by atoms with Crippen LogP contribution in [0.5, 0.6) is 0 Å². The van der Waals surface area contributed by atoms with E-state index in [2.05, 4.69) is 15.9 Å². The fraction of sp³-hybridized carbons (Fsp3) is 0.231. The first-order valence-electron chi connectivity index (χ1n) is 5.41. The van der Waals surface area contributed by atoms with Gasteiger partial charge in [0.25, 0.3) is 0 Å². The van der Waals surface area contributed by atoms with Gasteiger partial charge in [0.1, 0.15) is 11.6 Å². The Morgan fingerprint density at radius 3 is 2.61 bits per heavy atom. The molecule has 1 nitrogen and oxygen atoms in total. The number of nitrogens with two attached hydrogens (primary N) is 1. The van der Waals surface area contributed by atoms with Crippen LogP contribution in [0.25, 0.3) is 0 Å². The molecule has 1 atom stereocenters. The van der Waals surface area contributed by atoms with Crippen LogP contribution in [0.1, 0.15) is 22.0 Å². The molecule has 1 unspecified atom stereocenters. The second kappa shape index (κ2) is 5.47. The zero-order chi connectivity index (χ0) is 13.3. The molecule has 1 heterocycles. The molecule has 0 aliphatic rings. The van der Waals surface area contributed by atoms with Gasteiger partial charge in [0.05, 0.1) is 0 Å². The first-order valence-corrected chi connectivity index (χ1v) is 7.08. The average Bonchev–Trinajstić information content (AvgIpc) is 2.69. The minimum absolute atomic E-state index is 0.360. The van der Waals surface area contributed by atoms with E-state index < -0.39 is 17.7 Å². The summed E-state index contributed by atoms with van der Waals surface area (Å²) in [6.07, 6.45) is 0.540. The van der Waals surface area contributed by atoms with Gasteiger partial charge in [-0.3, -0.25) is 0 Å². The van der Waals surface area contributed by atoms with Gasteiger partial charge in [0.2, 0.25) is 0 Å². The van der Waals surface area contributed by atoms with Crippen molar-refractivity contribution in [2.24, 2.45) is 5.73 Å². The van der Waals surface area contributed by atoms with Gasteiger partial charge in [-0.2, -0.15) is 0 Å². The van der Waals surface area contributed by atoms with Crippen LogP contribution in [0.3, 0.4) is 0 Å². The molecule has 2 rings (SSSR count). The first kappa shape index (κ1) is 13.6. The van der Waals surface area contributed by atoms with Crippen LogP contribution in [-0.4, -0.2) is 0 Å². The molecule has 1 aromatic heterocycles. The van der Waals surface area contributed by atoms with Crippen molar-refractivity contribution in [1.29, 1.82) is 0 Å². The fourth-order valence-corrected chi connectivity index (χ4v) is 3.26. The van der Waals surface area contributed by atoms with E-state index in [-0.39, 0.29) is 0 Å². The van der Waals surface area contributed by atoms with Crippen LogP contribution in [0.2, 0.25) is 0 Å². The SMILES string of the molecule is Cc1cc(C(N)Cc2cc(Br)cs2)c(F)cc1F. The third-order valence-corrected chi connectivity index (χ3v) is 4.44. The Hall–Kier alpha value is -0.780. The largest absolute Gasteiger partial charge is 0.324 e. The summed E-state index contributed by atoms with van der Waals surface area (Å²) in [5.74, 6) is -1.12. The van der Waals surface area contributed by atoms with Crippen molar-refractivity contribution >= 4 is 27.3 Å². The minimum atomic E-state index is -0.582. The third kappa shape index (κ3) is 2.96. The molecule has 0 aliphatic carbocycles. The van der Waals surface area contributed by atoms with Crippen molar-refractivity contribution in [3.05, 3.63) is 55.7 Å². The summed E-state index contributed by atoms with van der Waals surface area (Å²) in [6, 6.07) is 3.88. The van der Waals surface area contributed by atoms with Crippen molar-refractivity contribution in [3.63, 3.8) is 0 Å². The standard InChI is InChI=1S/C13H12BrF2NS/c1-7-2-10(12(16)5-11(7)15)13(17)4-9-3-8(14)6-18-9/h2-3,5-6,13H,4,17H2,1H3. The minimum Gasteiger partial charge on any atom is -0.324 e. The predicted octanol–water partition coefficient (Wildman–Crippen LogP) is 4.34. The summed E-state index contributed by atoms with van der Waals surface area (Å²) in [7, 11) is 0. The van der Waals surface area contributed by atoms with E-state index in [0.29, 0.717) is 17.5 Å². The summed E-state index contributed by atoms with van der Waals surface area (Å²) in [5.41, 5.74) is 6.76. The third-order valence-electron chi connectivity index (χ3n) is 2.72. The lowest BCUT2D eigenvalue weighted by atomic mass is 10.0. The molecule has 5 heteroatoms. The Kier molecular flexibility index (Phi) is 4.14. The lowest BCUT2D eigenvalue weighted by Gasteiger charge is -2.13. The van der Waals surface area contributed by atoms with E-state index >= 15 is 0 Å². The highest BCUT2D eigenvalue weighted by Crippen LogP contribution is 2.26. The lowest BCUT2D eigenvalue weighted by molar-refractivity contribution is 0.550. The molecule has 0 saturated heterocycles. The van der Waals surface area contributed by atoms with E-state index in [0.717, 1.165) is 15.4 Å². The van der Waals surface area contributed by atoms with Crippen molar-refractivity contribution in [2.75, 3.05) is 0 Å². The lowest BCUT2D eigenvalue weighted by Crippen LogP contribution is -2.15. The average molecular weight is 332 g/mol. The second-order valence-corrected chi connectivity index (χ2v) is 6.08. The molecule has 0 saturated carbocycles. The maximum atomic E-state index is 13.7. The molecule has 0 bridgehead atoms. The summed E-state index contributed by atoms with van der Waals surface area (Å²) in [5, 5.41) is 1.95. The molecular formula is C13H12BrF2NS. The topological polar surface area (TPSA) is 26.0 Å². The second-order valence-electron chi connectivity index (χ2n) is 4.16. The van der Waals surface area contributed by atoms with Crippen LogP contribution in [0, 0.1) is 18.6 Å². The van der Waals surface area contributed by atoms with E-state index in [1.807, 2.05) is 11.4 Å².